The van der Waals surface area contributed by atoms with Crippen molar-refractivity contribution >= 4 is 18.3 Å². The smallest absolute Gasteiger partial charge is 0.253 e. The second-order valence-electron chi connectivity index (χ2n) is 8.51. The second kappa shape index (κ2) is 13.5. The Balaban J connectivity index is 0.00000324. The van der Waals surface area contributed by atoms with Crippen LogP contribution in [0, 0.1) is 0 Å². The molecule has 1 unspecified atom stereocenters. The van der Waals surface area contributed by atoms with Gasteiger partial charge in [-0.05, 0) is 36.1 Å². The standard InChI is InChI=1S/C26H34N2O5.ClH/c1-30-13-5-14-31-24-16-21(8-11-23(24)33-19-20-6-3-2-4-7-20)18-28(22-9-10-22)26(29)25-17-27-12-15-32-25;/h2-4,6-8,11,16,22,25,27H,5,9-10,12-15,17-19H2,1H3;1H. The molecule has 1 amide bonds. The molecule has 1 N–H and O–H groups in total. The van der Waals surface area contributed by atoms with Crippen molar-refractivity contribution in [3.63, 3.8) is 0 Å². The first-order chi connectivity index (χ1) is 16.2. The van der Waals surface area contributed by atoms with Crippen molar-refractivity contribution in [3.05, 3.63) is 59.7 Å². The Labute approximate surface area is 208 Å². The first-order valence-corrected chi connectivity index (χ1v) is 11.8. The number of hydrogen-bond acceptors (Lipinski definition) is 6. The minimum absolute atomic E-state index is 0. The van der Waals surface area contributed by atoms with Gasteiger partial charge in [0, 0.05) is 45.8 Å². The van der Waals surface area contributed by atoms with Crippen LogP contribution in [0.5, 0.6) is 11.5 Å². The van der Waals surface area contributed by atoms with E-state index in [1.54, 1.807) is 7.11 Å². The van der Waals surface area contributed by atoms with Gasteiger partial charge in [-0.15, -0.1) is 12.4 Å². The van der Waals surface area contributed by atoms with E-state index in [-0.39, 0.29) is 18.3 Å². The molecule has 0 radical (unpaired) electrons. The number of nitrogens with zero attached hydrogens (tertiary/aromatic N) is 1. The van der Waals surface area contributed by atoms with Gasteiger partial charge in [0.05, 0.1) is 13.2 Å². The first kappa shape index (κ1) is 26.3. The summed E-state index contributed by atoms with van der Waals surface area (Å²) in [6.07, 6.45) is 2.48. The number of halogens is 1. The van der Waals surface area contributed by atoms with E-state index in [2.05, 4.69) is 5.32 Å². The third-order valence-corrected chi connectivity index (χ3v) is 5.82. The molecule has 1 saturated heterocycles. The van der Waals surface area contributed by atoms with Crippen LogP contribution in [0.4, 0.5) is 0 Å². The molecular weight excluding hydrogens is 456 g/mol. The summed E-state index contributed by atoms with van der Waals surface area (Å²) in [4.78, 5) is 15.1. The zero-order valence-corrected chi connectivity index (χ0v) is 20.6. The van der Waals surface area contributed by atoms with Crippen molar-refractivity contribution < 1.29 is 23.7 Å². The van der Waals surface area contributed by atoms with Crippen molar-refractivity contribution in [1.29, 1.82) is 0 Å². The summed E-state index contributed by atoms with van der Waals surface area (Å²) in [5.41, 5.74) is 2.12. The summed E-state index contributed by atoms with van der Waals surface area (Å²) in [5.74, 6) is 1.46. The summed E-state index contributed by atoms with van der Waals surface area (Å²) >= 11 is 0. The molecule has 2 fully saturated rings. The van der Waals surface area contributed by atoms with Gasteiger partial charge >= 0.3 is 0 Å². The fraction of sp³-hybridized carbons (Fsp3) is 0.500. The van der Waals surface area contributed by atoms with E-state index in [0.717, 1.165) is 36.9 Å². The van der Waals surface area contributed by atoms with Crippen molar-refractivity contribution in [1.82, 2.24) is 10.2 Å². The maximum Gasteiger partial charge on any atom is 0.253 e. The van der Waals surface area contributed by atoms with Gasteiger partial charge < -0.3 is 29.2 Å². The Morgan fingerprint density at radius 2 is 1.88 bits per heavy atom. The number of carbonyl (C=O) groups excluding carboxylic acids is 1. The third kappa shape index (κ3) is 7.60. The maximum atomic E-state index is 13.1. The Kier molecular flexibility index (Phi) is 10.5. The average Bonchev–Trinajstić information content (AvgIpc) is 3.71. The van der Waals surface area contributed by atoms with Gasteiger partial charge in [0.1, 0.15) is 12.7 Å². The zero-order chi connectivity index (χ0) is 22.9. The van der Waals surface area contributed by atoms with Crippen molar-refractivity contribution in [3.8, 4) is 11.5 Å². The van der Waals surface area contributed by atoms with Crippen LogP contribution in [0.15, 0.2) is 48.5 Å². The lowest BCUT2D eigenvalue weighted by Gasteiger charge is -2.30. The van der Waals surface area contributed by atoms with Crippen molar-refractivity contribution in [2.24, 2.45) is 0 Å². The lowest BCUT2D eigenvalue weighted by atomic mass is 10.1. The van der Waals surface area contributed by atoms with Gasteiger partial charge in [-0.3, -0.25) is 4.79 Å². The lowest BCUT2D eigenvalue weighted by molar-refractivity contribution is -0.146. The predicted molar refractivity (Wildman–Crippen MR) is 133 cm³/mol. The minimum atomic E-state index is -0.405. The number of rotatable bonds is 12. The van der Waals surface area contributed by atoms with Crippen LogP contribution in [-0.2, 0) is 27.4 Å². The molecule has 0 spiro atoms. The molecule has 4 rings (SSSR count). The van der Waals surface area contributed by atoms with Gasteiger partial charge in [-0.25, -0.2) is 0 Å². The SMILES string of the molecule is COCCCOc1cc(CN(C(=O)C2CNCCO2)C2CC2)ccc1OCc1ccccc1.Cl. The van der Waals surface area contributed by atoms with Gasteiger partial charge in [0.25, 0.3) is 5.91 Å². The van der Waals surface area contributed by atoms with Gasteiger partial charge in [0.2, 0.25) is 0 Å². The fourth-order valence-electron chi connectivity index (χ4n) is 3.88. The molecule has 1 saturated carbocycles. The van der Waals surface area contributed by atoms with Crippen LogP contribution in [0.3, 0.4) is 0 Å². The molecule has 34 heavy (non-hydrogen) atoms. The first-order valence-electron chi connectivity index (χ1n) is 11.8. The molecule has 1 aliphatic heterocycles. The monoisotopic (exact) mass is 490 g/mol. The Bertz CT molecular complexity index is 888. The molecule has 7 nitrogen and oxygen atoms in total. The molecule has 8 heteroatoms. The average molecular weight is 491 g/mol. The molecule has 1 heterocycles. The van der Waals surface area contributed by atoms with Crippen LogP contribution in [0.25, 0.3) is 0 Å². The van der Waals surface area contributed by atoms with Crippen LogP contribution in [0.1, 0.15) is 30.4 Å². The maximum absolute atomic E-state index is 13.1. The van der Waals surface area contributed by atoms with Crippen molar-refractivity contribution in [2.75, 3.05) is 40.0 Å². The van der Waals surface area contributed by atoms with E-state index >= 15 is 0 Å². The minimum Gasteiger partial charge on any atom is -0.490 e. The Hall–Kier alpha value is -2.32. The van der Waals surface area contributed by atoms with Crippen LogP contribution >= 0.6 is 12.4 Å². The fourth-order valence-corrected chi connectivity index (χ4v) is 3.88. The topological polar surface area (TPSA) is 69.3 Å². The molecular formula is C26H35ClN2O5. The summed E-state index contributed by atoms with van der Waals surface area (Å²) < 4.78 is 23.0. The largest absolute Gasteiger partial charge is 0.490 e. The highest BCUT2D eigenvalue weighted by Gasteiger charge is 2.36. The van der Waals surface area contributed by atoms with E-state index < -0.39 is 6.10 Å². The quantitative estimate of drug-likeness (QED) is 0.459. The number of ether oxygens (including phenoxy) is 4. The summed E-state index contributed by atoms with van der Waals surface area (Å²) in [7, 11) is 1.68. The van der Waals surface area contributed by atoms with E-state index in [1.165, 1.54) is 0 Å². The third-order valence-electron chi connectivity index (χ3n) is 5.82. The summed E-state index contributed by atoms with van der Waals surface area (Å²) in [5, 5.41) is 3.25. The van der Waals surface area contributed by atoms with Crippen LogP contribution in [0.2, 0.25) is 0 Å². The number of benzene rings is 2. The van der Waals surface area contributed by atoms with Crippen LogP contribution < -0.4 is 14.8 Å². The Morgan fingerprint density at radius 1 is 1.06 bits per heavy atom. The Morgan fingerprint density at radius 3 is 2.59 bits per heavy atom. The van der Waals surface area contributed by atoms with Crippen molar-refractivity contribution in [2.45, 2.75) is 44.6 Å². The number of morpholine rings is 1. The van der Waals surface area contributed by atoms with Gasteiger partial charge in [0.15, 0.2) is 11.5 Å². The molecule has 0 bridgehead atoms. The summed E-state index contributed by atoms with van der Waals surface area (Å²) in [6, 6.07) is 16.3. The second-order valence-corrected chi connectivity index (χ2v) is 8.51. The van der Waals surface area contributed by atoms with Gasteiger partial charge in [-0.2, -0.15) is 0 Å². The highest BCUT2D eigenvalue weighted by molar-refractivity contribution is 5.85. The predicted octanol–water partition coefficient (Wildman–Crippen LogP) is 3.58. The normalized spacial score (nSPS) is 17.5. The zero-order valence-electron chi connectivity index (χ0n) is 19.7. The molecule has 1 atom stereocenters. The number of nitrogens with one attached hydrogen (secondary N) is 1. The van der Waals surface area contributed by atoms with E-state index in [1.807, 2.05) is 53.4 Å². The molecule has 2 aliphatic rings. The van der Waals surface area contributed by atoms with E-state index in [4.69, 9.17) is 18.9 Å². The van der Waals surface area contributed by atoms with Crippen LogP contribution in [-0.4, -0.2) is 63.0 Å². The highest BCUT2D eigenvalue weighted by Crippen LogP contribution is 2.33. The molecule has 0 aromatic heterocycles. The number of methoxy groups -OCH3 is 1. The summed E-state index contributed by atoms with van der Waals surface area (Å²) in [6.45, 7) is 4.11. The van der Waals surface area contributed by atoms with E-state index in [0.29, 0.717) is 57.1 Å². The molecule has 1 aliphatic carbocycles. The number of hydrogen-bond donors (Lipinski definition) is 1. The van der Waals surface area contributed by atoms with Gasteiger partial charge in [-0.1, -0.05) is 36.4 Å². The van der Waals surface area contributed by atoms with E-state index in [9.17, 15) is 4.79 Å². The lowest BCUT2D eigenvalue weighted by Crippen LogP contribution is -2.49. The number of amides is 1. The highest BCUT2D eigenvalue weighted by atomic mass is 35.5. The molecule has 2 aromatic carbocycles. The molecule has 186 valence electrons. The molecule has 2 aromatic rings. The number of carbonyl (C=O) groups is 1.